The van der Waals surface area contributed by atoms with Crippen LogP contribution < -0.4 is 5.73 Å². The average Bonchev–Trinajstić information content (AvgIpc) is 2.54. The molecule has 2 fully saturated rings. The van der Waals surface area contributed by atoms with Crippen LogP contribution in [-0.2, 0) is 6.42 Å². The lowest BCUT2D eigenvalue weighted by Crippen LogP contribution is -2.50. The van der Waals surface area contributed by atoms with Crippen molar-refractivity contribution in [2.45, 2.75) is 63.5 Å². The lowest BCUT2D eigenvalue weighted by Gasteiger charge is -2.45. The minimum atomic E-state index is 0.325. The number of piperidine rings is 1. The number of benzene rings is 1. The Hall–Kier alpha value is -0.860. The quantitative estimate of drug-likeness (QED) is 0.896. The number of fused-ring (bicyclic) bond motifs is 1. The van der Waals surface area contributed by atoms with E-state index in [0.717, 1.165) is 31.3 Å². The number of aryl methyl sites for hydroxylation is 1. The molecule has 2 nitrogen and oxygen atoms in total. The van der Waals surface area contributed by atoms with Gasteiger partial charge in [0, 0.05) is 18.6 Å². The monoisotopic (exact) mass is 286 g/mol. The minimum Gasteiger partial charge on any atom is -0.327 e. The Morgan fingerprint density at radius 3 is 2.67 bits per heavy atom. The lowest BCUT2D eigenvalue weighted by atomic mass is 9.78. The molecule has 1 saturated carbocycles. The summed E-state index contributed by atoms with van der Waals surface area (Å²) in [6, 6.07) is 11.9. The molecule has 2 heteroatoms. The van der Waals surface area contributed by atoms with Gasteiger partial charge in [0.1, 0.15) is 0 Å². The second-order valence-corrected chi connectivity index (χ2v) is 7.03. The molecular weight excluding hydrogens is 256 g/mol. The summed E-state index contributed by atoms with van der Waals surface area (Å²) in [4.78, 5) is 2.73. The molecule has 1 saturated heterocycles. The van der Waals surface area contributed by atoms with Gasteiger partial charge in [-0.15, -0.1) is 0 Å². The molecule has 1 unspecified atom stereocenters. The molecule has 21 heavy (non-hydrogen) atoms. The van der Waals surface area contributed by atoms with Gasteiger partial charge < -0.3 is 5.73 Å². The van der Waals surface area contributed by atoms with Gasteiger partial charge in [-0.1, -0.05) is 43.2 Å². The van der Waals surface area contributed by atoms with Crippen molar-refractivity contribution in [3.63, 3.8) is 0 Å². The maximum Gasteiger partial charge on any atom is 0.0171 e. The Morgan fingerprint density at radius 2 is 1.81 bits per heavy atom. The molecule has 2 aliphatic rings. The first kappa shape index (κ1) is 15.1. The zero-order valence-electron chi connectivity index (χ0n) is 13.2. The van der Waals surface area contributed by atoms with Crippen molar-refractivity contribution >= 4 is 0 Å². The van der Waals surface area contributed by atoms with E-state index in [1.54, 1.807) is 0 Å². The van der Waals surface area contributed by atoms with Gasteiger partial charge in [-0.25, -0.2) is 0 Å². The van der Waals surface area contributed by atoms with Crippen LogP contribution in [0, 0.1) is 5.92 Å². The van der Waals surface area contributed by atoms with E-state index >= 15 is 0 Å². The summed E-state index contributed by atoms with van der Waals surface area (Å²) in [5.74, 6) is 0.967. The molecule has 1 aromatic rings. The molecule has 3 atom stereocenters. The molecule has 1 aliphatic carbocycles. The second-order valence-electron chi connectivity index (χ2n) is 7.03. The normalized spacial score (nSPS) is 28.0. The largest absolute Gasteiger partial charge is 0.327 e. The number of hydrogen-bond donors (Lipinski definition) is 1. The summed E-state index contributed by atoms with van der Waals surface area (Å²) in [6.45, 7) is 2.38. The van der Waals surface area contributed by atoms with Crippen LogP contribution in [0.1, 0.15) is 50.5 Å². The van der Waals surface area contributed by atoms with Gasteiger partial charge in [-0.05, 0) is 56.6 Å². The van der Waals surface area contributed by atoms with Crippen LogP contribution in [0.4, 0.5) is 0 Å². The smallest absolute Gasteiger partial charge is 0.0171 e. The standard InChI is InChI=1S/C19H30N2/c20-18(13-12-16-7-2-1-3-8-16)15-21-14-6-10-17-9-4-5-11-19(17)21/h1-3,7-8,17-19H,4-6,9-15,20H2/t17-,18?,19-/m1/s1. The first-order chi connectivity index (χ1) is 10.3. The topological polar surface area (TPSA) is 29.3 Å². The predicted molar refractivity (Wildman–Crippen MR) is 89.3 cm³/mol. The van der Waals surface area contributed by atoms with Crippen molar-refractivity contribution in [1.82, 2.24) is 4.90 Å². The Morgan fingerprint density at radius 1 is 1.05 bits per heavy atom. The molecule has 0 radical (unpaired) electrons. The Kier molecular flexibility index (Phi) is 5.32. The fraction of sp³-hybridized carbons (Fsp3) is 0.684. The van der Waals surface area contributed by atoms with E-state index in [1.807, 2.05) is 0 Å². The van der Waals surface area contributed by atoms with Gasteiger partial charge >= 0.3 is 0 Å². The Labute approximate surface area is 129 Å². The number of nitrogens with zero attached hydrogens (tertiary/aromatic N) is 1. The van der Waals surface area contributed by atoms with Crippen LogP contribution in [0.15, 0.2) is 30.3 Å². The van der Waals surface area contributed by atoms with E-state index in [2.05, 4.69) is 35.2 Å². The van der Waals surface area contributed by atoms with E-state index in [9.17, 15) is 0 Å². The van der Waals surface area contributed by atoms with Crippen LogP contribution >= 0.6 is 0 Å². The van der Waals surface area contributed by atoms with E-state index in [-0.39, 0.29) is 0 Å². The minimum absolute atomic E-state index is 0.325. The number of nitrogens with two attached hydrogens (primary N) is 1. The fourth-order valence-electron chi connectivity index (χ4n) is 4.34. The maximum atomic E-state index is 6.43. The summed E-state index contributed by atoms with van der Waals surface area (Å²) >= 11 is 0. The van der Waals surface area contributed by atoms with Gasteiger partial charge in [0.2, 0.25) is 0 Å². The van der Waals surface area contributed by atoms with Gasteiger partial charge in [-0.3, -0.25) is 4.90 Å². The Balaban J connectivity index is 1.48. The summed E-state index contributed by atoms with van der Waals surface area (Å²) in [7, 11) is 0. The lowest BCUT2D eigenvalue weighted by molar-refractivity contribution is 0.0556. The van der Waals surface area contributed by atoms with Crippen LogP contribution in [-0.4, -0.2) is 30.1 Å². The number of likely N-dealkylation sites (tertiary alicyclic amines) is 1. The van der Waals surface area contributed by atoms with Gasteiger partial charge in [-0.2, -0.15) is 0 Å². The predicted octanol–water partition coefficient (Wildman–Crippen LogP) is 3.60. The highest BCUT2D eigenvalue weighted by Crippen LogP contribution is 2.35. The van der Waals surface area contributed by atoms with Gasteiger partial charge in [0.15, 0.2) is 0 Å². The van der Waals surface area contributed by atoms with E-state index < -0.39 is 0 Å². The molecule has 2 N–H and O–H groups in total. The molecule has 1 aliphatic heterocycles. The van der Waals surface area contributed by atoms with E-state index in [1.165, 1.54) is 50.6 Å². The van der Waals surface area contributed by atoms with E-state index in [4.69, 9.17) is 5.73 Å². The van der Waals surface area contributed by atoms with Crippen molar-refractivity contribution in [3.05, 3.63) is 35.9 Å². The van der Waals surface area contributed by atoms with E-state index in [0.29, 0.717) is 6.04 Å². The van der Waals surface area contributed by atoms with Crippen molar-refractivity contribution < 1.29 is 0 Å². The molecule has 0 aromatic heterocycles. The summed E-state index contributed by atoms with van der Waals surface area (Å²) in [5, 5.41) is 0. The molecular formula is C19H30N2. The van der Waals surface area contributed by atoms with Crippen LogP contribution in [0.3, 0.4) is 0 Å². The summed E-state index contributed by atoms with van der Waals surface area (Å²) < 4.78 is 0. The molecule has 1 aromatic carbocycles. The number of rotatable bonds is 5. The van der Waals surface area contributed by atoms with Crippen molar-refractivity contribution in [2.24, 2.45) is 11.7 Å². The zero-order valence-corrected chi connectivity index (χ0v) is 13.2. The maximum absolute atomic E-state index is 6.43. The number of hydrogen-bond acceptors (Lipinski definition) is 2. The summed E-state index contributed by atoms with van der Waals surface area (Å²) in [5.41, 5.74) is 7.85. The fourth-order valence-corrected chi connectivity index (χ4v) is 4.34. The first-order valence-corrected chi connectivity index (χ1v) is 8.86. The highest BCUT2D eigenvalue weighted by atomic mass is 15.2. The first-order valence-electron chi connectivity index (χ1n) is 8.86. The van der Waals surface area contributed by atoms with Crippen molar-refractivity contribution in [2.75, 3.05) is 13.1 Å². The molecule has 1 heterocycles. The van der Waals surface area contributed by atoms with Crippen LogP contribution in [0.25, 0.3) is 0 Å². The molecule has 3 rings (SSSR count). The van der Waals surface area contributed by atoms with Crippen LogP contribution in [0.5, 0.6) is 0 Å². The molecule has 0 spiro atoms. The molecule has 0 amide bonds. The second kappa shape index (κ2) is 7.42. The van der Waals surface area contributed by atoms with Crippen LogP contribution in [0.2, 0.25) is 0 Å². The van der Waals surface area contributed by atoms with Gasteiger partial charge in [0.25, 0.3) is 0 Å². The summed E-state index contributed by atoms with van der Waals surface area (Å²) in [6.07, 6.45) is 10.8. The average molecular weight is 286 g/mol. The molecule has 116 valence electrons. The van der Waals surface area contributed by atoms with Crippen molar-refractivity contribution in [3.8, 4) is 0 Å². The third kappa shape index (κ3) is 4.08. The highest BCUT2D eigenvalue weighted by Gasteiger charge is 2.33. The third-order valence-electron chi connectivity index (χ3n) is 5.47. The van der Waals surface area contributed by atoms with Gasteiger partial charge in [0.05, 0.1) is 0 Å². The SMILES string of the molecule is NC(CCc1ccccc1)CN1CCC[C@H]2CCCC[C@H]21. The zero-order chi connectivity index (χ0) is 14.5. The third-order valence-corrected chi connectivity index (χ3v) is 5.47. The molecule has 0 bridgehead atoms. The van der Waals surface area contributed by atoms with Crippen molar-refractivity contribution in [1.29, 1.82) is 0 Å². The Bertz CT molecular complexity index is 415. The highest BCUT2D eigenvalue weighted by molar-refractivity contribution is 5.14.